The molecule has 108 valence electrons. The van der Waals surface area contributed by atoms with Crippen LogP contribution in [-0.2, 0) is 0 Å². The highest BCUT2D eigenvalue weighted by Gasteiger charge is 2.16. The highest BCUT2D eigenvalue weighted by Crippen LogP contribution is 2.32. The maximum atomic E-state index is 6.59. The molecule has 0 bridgehead atoms. The molecule has 0 amide bonds. The Hall–Kier alpha value is -2.46. The molecule has 4 rings (SSSR count). The van der Waals surface area contributed by atoms with Crippen molar-refractivity contribution in [3.63, 3.8) is 0 Å². The number of halogens is 1. The van der Waals surface area contributed by atoms with Crippen LogP contribution in [0.15, 0.2) is 42.6 Å². The fraction of sp³-hybridized carbons (Fsp3) is 0.118. The van der Waals surface area contributed by atoms with Gasteiger partial charge < -0.3 is 0 Å². The Labute approximate surface area is 132 Å². The molecular formula is C17H13ClN4. The third kappa shape index (κ3) is 1.88. The van der Waals surface area contributed by atoms with Crippen LogP contribution in [0.5, 0.6) is 0 Å². The van der Waals surface area contributed by atoms with E-state index in [-0.39, 0.29) is 0 Å². The van der Waals surface area contributed by atoms with Gasteiger partial charge >= 0.3 is 0 Å². The van der Waals surface area contributed by atoms with Crippen LogP contribution >= 0.6 is 11.6 Å². The number of hydrogen-bond donors (Lipinski definition) is 0. The van der Waals surface area contributed by atoms with Gasteiger partial charge in [0, 0.05) is 11.6 Å². The van der Waals surface area contributed by atoms with Crippen molar-refractivity contribution in [2.24, 2.45) is 0 Å². The molecule has 0 atom stereocenters. The van der Waals surface area contributed by atoms with Crippen LogP contribution in [0.2, 0.25) is 5.02 Å². The standard InChI is InChI=1S/C17H13ClN4/c1-10-7-8-14(19-9-10)22-17-15(11(2)21-22)16(18)12-5-3-4-6-13(12)20-17/h3-9H,1-2H3. The topological polar surface area (TPSA) is 43.6 Å². The van der Waals surface area contributed by atoms with Crippen molar-refractivity contribution in [1.29, 1.82) is 0 Å². The Morgan fingerprint density at radius 1 is 1.05 bits per heavy atom. The Morgan fingerprint density at radius 2 is 1.86 bits per heavy atom. The minimum absolute atomic E-state index is 0.691. The summed E-state index contributed by atoms with van der Waals surface area (Å²) in [5, 5.41) is 7.09. The monoisotopic (exact) mass is 308 g/mol. The van der Waals surface area contributed by atoms with E-state index in [1.807, 2.05) is 56.4 Å². The summed E-state index contributed by atoms with van der Waals surface area (Å²) >= 11 is 6.59. The lowest BCUT2D eigenvalue weighted by molar-refractivity contribution is 0.847. The summed E-state index contributed by atoms with van der Waals surface area (Å²) in [7, 11) is 0. The molecule has 4 aromatic rings. The first-order chi connectivity index (χ1) is 10.6. The van der Waals surface area contributed by atoms with Gasteiger partial charge in [-0.05, 0) is 31.5 Å². The van der Waals surface area contributed by atoms with Gasteiger partial charge in [0.25, 0.3) is 0 Å². The van der Waals surface area contributed by atoms with Gasteiger partial charge in [0.15, 0.2) is 11.5 Å². The average molecular weight is 309 g/mol. The molecule has 0 aliphatic carbocycles. The minimum Gasteiger partial charge on any atom is -0.237 e. The maximum Gasteiger partial charge on any atom is 0.167 e. The van der Waals surface area contributed by atoms with Crippen molar-refractivity contribution in [2.75, 3.05) is 0 Å². The predicted molar refractivity (Wildman–Crippen MR) is 88.7 cm³/mol. The Kier molecular flexibility index (Phi) is 2.87. The van der Waals surface area contributed by atoms with Crippen LogP contribution in [0.1, 0.15) is 11.3 Å². The van der Waals surface area contributed by atoms with E-state index in [1.54, 1.807) is 4.68 Å². The molecule has 0 saturated heterocycles. The average Bonchev–Trinajstić information content (AvgIpc) is 2.85. The third-order valence-corrected chi connectivity index (χ3v) is 4.13. The smallest absolute Gasteiger partial charge is 0.167 e. The first-order valence-electron chi connectivity index (χ1n) is 7.02. The van der Waals surface area contributed by atoms with E-state index in [0.29, 0.717) is 5.02 Å². The number of pyridine rings is 2. The zero-order valence-corrected chi connectivity index (χ0v) is 13.0. The van der Waals surface area contributed by atoms with Gasteiger partial charge in [-0.25, -0.2) is 9.97 Å². The third-order valence-electron chi connectivity index (χ3n) is 3.74. The zero-order chi connectivity index (χ0) is 15.3. The highest BCUT2D eigenvalue weighted by atomic mass is 35.5. The molecule has 0 radical (unpaired) electrons. The molecule has 0 aliphatic rings. The lowest BCUT2D eigenvalue weighted by Crippen LogP contribution is -2.00. The van der Waals surface area contributed by atoms with E-state index in [9.17, 15) is 0 Å². The Morgan fingerprint density at radius 3 is 2.64 bits per heavy atom. The van der Waals surface area contributed by atoms with E-state index in [4.69, 9.17) is 16.6 Å². The number of nitrogens with zero attached hydrogens (tertiary/aromatic N) is 4. The molecule has 0 saturated carbocycles. The van der Waals surface area contributed by atoms with Crippen molar-refractivity contribution in [2.45, 2.75) is 13.8 Å². The molecule has 5 heteroatoms. The lowest BCUT2D eigenvalue weighted by atomic mass is 10.1. The molecular weight excluding hydrogens is 296 g/mol. The van der Waals surface area contributed by atoms with Crippen LogP contribution in [0.3, 0.4) is 0 Å². The summed E-state index contributed by atoms with van der Waals surface area (Å²) in [6, 6.07) is 11.8. The van der Waals surface area contributed by atoms with E-state index in [2.05, 4.69) is 10.1 Å². The van der Waals surface area contributed by atoms with Crippen molar-refractivity contribution in [1.82, 2.24) is 19.7 Å². The van der Waals surface area contributed by atoms with Gasteiger partial charge in [-0.2, -0.15) is 9.78 Å². The van der Waals surface area contributed by atoms with Crippen LogP contribution in [0.25, 0.3) is 27.8 Å². The quantitative estimate of drug-likeness (QED) is 0.528. The highest BCUT2D eigenvalue weighted by molar-refractivity contribution is 6.40. The van der Waals surface area contributed by atoms with Crippen LogP contribution < -0.4 is 0 Å². The second kappa shape index (κ2) is 4.78. The summed E-state index contributed by atoms with van der Waals surface area (Å²) < 4.78 is 1.75. The summed E-state index contributed by atoms with van der Waals surface area (Å²) in [6.07, 6.45) is 1.82. The first kappa shape index (κ1) is 13.2. The summed E-state index contributed by atoms with van der Waals surface area (Å²) in [6.45, 7) is 3.95. The summed E-state index contributed by atoms with van der Waals surface area (Å²) in [4.78, 5) is 9.17. The number of fused-ring (bicyclic) bond motifs is 2. The fourth-order valence-electron chi connectivity index (χ4n) is 2.63. The van der Waals surface area contributed by atoms with Crippen molar-refractivity contribution in [3.8, 4) is 5.82 Å². The van der Waals surface area contributed by atoms with Gasteiger partial charge in [0.1, 0.15) is 0 Å². The van der Waals surface area contributed by atoms with Crippen molar-refractivity contribution < 1.29 is 0 Å². The maximum absolute atomic E-state index is 6.59. The molecule has 0 N–H and O–H groups in total. The van der Waals surface area contributed by atoms with Crippen LogP contribution in [0.4, 0.5) is 0 Å². The zero-order valence-electron chi connectivity index (χ0n) is 12.2. The molecule has 0 spiro atoms. The van der Waals surface area contributed by atoms with Gasteiger partial charge in [-0.15, -0.1) is 0 Å². The van der Waals surface area contributed by atoms with Crippen molar-refractivity contribution >= 4 is 33.5 Å². The number of rotatable bonds is 1. The van der Waals surface area contributed by atoms with Crippen LogP contribution in [-0.4, -0.2) is 19.7 Å². The number of aromatic nitrogens is 4. The van der Waals surface area contributed by atoms with Gasteiger partial charge in [-0.3, -0.25) is 0 Å². The van der Waals surface area contributed by atoms with E-state index in [1.165, 1.54) is 0 Å². The Balaban J connectivity index is 2.11. The van der Waals surface area contributed by atoms with Crippen LogP contribution in [0, 0.1) is 13.8 Å². The van der Waals surface area contributed by atoms with E-state index >= 15 is 0 Å². The summed E-state index contributed by atoms with van der Waals surface area (Å²) in [5.41, 5.74) is 3.54. The normalized spacial score (nSPS) is 11.4. The number of hydrogen-bond acceptors (Lipinski definition) is 3. The second-order valence-corrected chi connectivity index (χ2v) is 5.71. The SMILES string of the molecule is Cc1ccc(-n2nc(C)c3c(Cl)c4ccccc4nc32)nc1. The molecule has 0 fully saturated rings. The largest absolute Gasteiger partial charge is 0.237 e. The fourth-order valence-corrected chi connectivity index (χ4v) is 3.01. The number of para-hydroxylation sites is 1. The second-order valence-electron chi connectivity index (χ2n) is 5.33. The lowest BCUT2D eigenvalue weighted by Gasteiger charge is -2.05. The molecule has 3 heterocycles. The Bertz CT molecular complexity index is 1000. The first-order valence-corrected chi connectivity index (χ1v) is 7.39. The molecule has 0 unspecified atom stereocenters. The van der Waals surface area contributed by atoms with Gasteiger partial charge in [0.2, 0.25) is 0 Å². The van der Waals surface area contributed by atoms with E-state index in [0.717, 1.165) is 39.0 Å². The van der Waals surface area contributed by atoms with E-state index < -0.39 is 0 Å². The van der Waals surface area contributed by atoms with Gasteiger partial charge in [-0.1, -0.05) is 35.9 Å². The molecule has 4 nitrogen and oxygen atoms in total. The van der Waals surface area contributed by atoms with Crippen molar-refractivity contribution in [3.05, 3.63) is 58.9 Å². The molecule has 3 aromatic heterocycles. The molecule has 22 heavy (non-hydrogen) atoms. The number of aryl methyl sites for hydroxylation is 2. The predicted octanol–water partition coefficient (Wildman–Crippen LogP) is 4.24. The number of benzene rings is 1. The van der Waals surface area contributed by atoms with Gasteiger partial charge in [0.05, 0.1) is 21.6 Å². The summed E-state index contributed by atoms with van der Waals surface area (Å²) in [5.74, 6) is 0.738. The minimum atomic E-state index is 0.691. The molecule has 1 aromatic carbocycles. The molecule has 0 aliphatic heterocycles.